The van der Waals surface area contributed by atoms with Gasteiger partial charge in [-0.2, -0.15) is 0 Å². The minimum absolute atomic E-state index is 0.0758. The van der Waals surface area contributed by atoms with Crippen LogP contribution in [0.3, 0.4) is 0 Å². The number of hydrogen-bond acceptors (Lipinski definition) is 2. The van der Waals surface area contributed by atoms with Gasteiger partial charge in [0.25, 0.3) is 0 Å². The fraction of sp³-hybridized carbons (Fsp3) is 0.375. The second kappa shape index (κ2) is 3.53. The van der Waals surface area contributed by atoms with Gasteiger partial charge < -0.3 is 5.32 Å². The molecule has 3 heteroatoms. The van der Waals surface area contributed by atoms with Crippen LogP contribution in [-0.4, -0.2) is 13.0 Å². The second-order valence-corrected chi connectivity index (χ2v) is 3.73. The lowest BCUT2D eigenvalue weighted by atomic mass is 10.3. The molecule has 0 aliphatic carbocycles. The van der Waals surface area contributed by atoms with Gasteiger partial charge in [-0.1, -0.05) is 0 Å². The molecule has 1 amide bonds. The van der Waals surface area contributed by atoms with Crippen LogP contribution >= 0.6 is 11.3 Å². The molecular weight excluding hydrogens is 158 g/mol. The van der Waals surface area contributed by atoms with Crippen LogP contribution in [0.2, 0.25) is 0 Å². The minimum atomic E-state index is 0.0758. The molecule has 0 unspecified atom stereocenters. The third-order valence-corrected chi connectivity index (χ3v) is 2.41. The Balaban J connectivity index is 2.57. The molecular formula is C8H11NOS. The van der Waals surface area contributed by atoms with Gasteiger partial charge in [-0.05, 0) is 19.1 Å². The monoisotopic (exact) mass is 169 g/mol. The number of rotatable bonds is 2. The third kappa shape index (κ3) is 2.35. The predicted molar refractivity (Wildman–Crippen MR) is 46.8 cm³/mol. The minimum Gasteiger partial charge on any atom is -0.359 e. The number of amides is 1. The van der Waals surface area contributed by atoms with E-state index in [-0.39, 0.29) is 5.91 Å². The maximum Gasteiger partial charge on any atom is 0.224 e. The zero-order valence-corrected chi connectivity index (χ0v) is 7.49. The average Bonchev–Trinajstić information content (AvgIpc) is 2.35. The first-order chi connectivity index (χ1) is 5.22. The van der Waals surface area contributed by atoms with Crippen molar-refractivity contribution >= 4 is 17.2 Å². The van der Waals surface area contributed by atoms with Gasteiger partial charge in [0.15, 0.2) is 0 Å². The molecule has 60 valence electrons. The second-order valence-electron chi connectivity index (χ2n) is 2.36. The molecule has 0 radical (unpaired) electrons. The molecule has 1 aromatic heterocycles. The molecule has 0 aliphatic heterocycles. The van der Waals surface area contributed by atoms with E-state index in [1.54, 1.807) is 18.4 Å². The summed E-state index contributed by atoms with van der Waals surface area (Å²) in [4.78, 5) is 13.3. The van der Waals surface area contributed by atoms with Crippen LogP contribution in [0.15, 0.2) is 12.1 Å². The summed E-state index contributed by atoms with van der Waals surface area (Å²) in [5.41, 5.74) is 0. The molecule has 0 aliphatic rings. The topological polar surface area (TPSA) is 29.1 Å². The van der Waals surface area contributed by atoms with Gasteiger partial charge in [-0.25, -0.2) is 0 Å². The molecule has 1 heterocycles. The van der Waals surface area contributed by atoms with Gasteiger partial charge in [-0.3, -0.25) is 4.79 Å². The molecule has 11 heavy (non-hydrogen) atoms. The van der Waals surface area contributed by atoms with E-state index in [0.717, 1.165) is 4.88 Å². The standard InChI is InChI=1S/C8H11NOS/c1-6-3-4-7(11-6)5-8(10)9-2/h3-4H,5H2,1-2H3,(H,9,10). The van der Waals surface area contributed by atoms with Crippen molar-refractivity contribution in [3.8, 4) is 0 Å². The highest BCUT2D eigenvalue weighted by Crippen LogP contribution is 2.14. The van der Waals surface area contributed by atoms with Crippen LogP contribution in [0.5, 0.6) is 0 Å². The smallest absolute Gasteiger partial charge is 0.224 e. The molecule has 0 fully saturated rings. The third-order valence-electron chi connectivity index (χ3n) is 1.41. The fourth-order valence-corrected chi connectivity index (χ4v) is 1.72. The first-order valence-corrected chi connectivity index (χ1v) is 4.30. The average molecular weight is 169 g/mol. The molecule has 0 spiro atoms. The number of nitrogens with one attached hydrogen (secondary N) is 1. The predicted octanol–water partition coefficient (Wildman–Crippen LogP) is 1.35. The molecule has 0 aromatic carbocycles. The summed E-state index contributed by atoms with van der Waals surface area (Å²) < 4.78 is 0. The molecule has 1 N–H and O–H groups in total. The highest BCUT2D eigenvalue weighted by atomic mass is 32.1. The summed E-state index contributed by atoms with van der Waals surface area (Å²) in [6.07, 6.45) is 0.509. The van der Waals surface area contributed by atoms with Crippen LogP contribution < -0.4 is 5.32 Å². The molecule has 2 nitrogen and oxygen atoms in total. The van der Waals surface area contributed by atoms with Crippen molar-refractivity contribution in [2.75, 3.05) is 7.05 Å². The number of carbonyl (C=O) groups excluding carboxylic acids is 1. The first-order valence-electron chi connectivity index (χ1n) is 3.48. The summed E-state index contributed by atoms with van der Waals surface area (Å²) in [6.45, 7) is 2.04. The van der Waals surface area contributed by atoms with Gasteiger partial charge in [0.05, 0.1) is 6.42 Å². The van der Waals surface area contributed by atoms with E-state index in [9.17, 15) is 4.79 Å². The van der Waals surface area contributed by atoms with Crippen molar-refractivity contribution in [3.63, 3.8) is 0 Å². The Morgan fingerprint density at radius 2 is 2.36 bits per heavy atom. The van der Waals surface area contributed by atoms with Gasteiger partial charge in [0, 0.05) is 16.8 Å². The van der Waals surface area contributed by atoms with Crippen molar-refractivity contribution in [2.24, 2.45) is 0 Å². The van der Waals surface area contributed by atoms with Gasteiger partial charge in [0.1, 0.15) is 0 Å². The zero-order chi connectivity index (χ0) is 8.27. The summed E-state index contributed by atoms with van der Waals surface area (Å²) in [7, 11) is 1.66. The van der Waals surface area contributed by atoms with Crippen LogP contribution in [-0.2, 0) is 11.2 Å². The Labute approximate surface area is 70.2 Å². The molecule has 0 saturated carbocycles. The Kier molecular flexibility index (Phi) is 2.65. The Bertz CT molecular complexity index is 254. The highest BCUT2D eigenvalue weighted by molar-refractivity contribution is 7.12. The van der Waals surface area contributed by atoms with Crippen LogP contribution in [0.1, 0.15) is 9.75 Å². The number of hydrogen-bond donors (Lipinski definition) is 1. The van der Waals surface area contributed by atoms with E-state index in [0.29, 0.717) is 6.42 Å². The SMILES string of the molecule is CNC(=O)Cc1ccc(C)s1. The quantitative estimate of drug-likeness (QED) is 0.711. The Morgan fingerprint density at radius 3 is 2.82 bits per heavy atom. The molecule has 1 rings (SSSR count). The Morgan fingerprint density at radius 1 is 1.64 bits per heavy atom. The number of carbonyl (C=O) groups is 1. The van der Waals surface area contributed by atoms with E-state index in [2.05, 4.69) is 5.32 Å². The summed E-state index contributed by atoms with van der Waals surface area (Å²) in [5, 5.41) is 2.59. The first kappa shape index (κ1) is 8.27. The van der Waals surface area contributed by atoms with E-state index in [1.807, 2.05) is 19.1 Å². The lowest BCUT2D eigenvalue weighted by Crippen LogP contribution is -2.19. The van der Waals surface area contributed by atoms with Crippen molar-refractivity contribution in [3.05, 3.63) is 21.9 Å². The lowest BCUT2D eigenvalue weighted by Gasteiger charge is -1.94. The van der Waals surface area contributed by atoms with E-state index >= 15 is 0 Å². The van der Waals surface area contributed by atoms with Crippen molar-refractivity contribution in [2.45, 2.75) is 13.3 Å². The molecule has 1 aromatic rings. The van der Waals surface area contributed by atoms with Crippen LogP contribution in [0.25, 0.3) is 0 Å². The summed E-state index contributed by atoms with van der Waals surface area (Å²) in [5.74, 6) is 0.0758. The maximum absolute atomic E-state index is 10.9. The zero-order valence-electron chi connectivity index (χ0n) is 6.68. The number of likely N-dealkylation sites (N-methyl/N-ethyl adjacent to an activating group) is 1. The van der Waals surface area contributed by atoms with Crippen molar-refractivity contribution < 1.29 is 4.79 Å². The molecule has 0 bridgehead atoms. The van der Waals surface area contributed by atoms with Crippen LogP contribution in [0, 0.1) is 6.92 Å². The van der Waals surface area contributed by atoms with E-state index in [1.165, 1.54) is 4.88 Å². The number of aryl methyl sites for hydroxylation is 1. The van der Waals surface area contributed by atoms with Crippen molar-refractivity contribution in [1.82, 2.24) is 5.32 Å². The van der Waals surface area contributed by atoms with E-state index < -0.39 is 0 Å². The van der Waals surface area contributed by atoms with E-state index in [4.69, 9.17) is 0 Å². The fourth-order valence-electron chi connectivity index (χ4n) is 0.827. The lowest BCUT2D eigenvalue weighted by molar-refractivity contribution is -0.119. The summed E-state index contributed by atoms with van der Waals surface area (Å²) >= 11 is 1.67. The maximum atomic E-state index is 10.9. The van der Waals surface area contributed by atoms with Gasteiger partial charge >= 0.3 is 0 Å². The van der Waals surface area contributed by atoms with Crippen molar-refractivity contribution in [1.29, 1.82) is 0 Å². The van der Waals surface area contributed by atoms with Gasteiger partial charge in [0.2, 0.25) is 5.91 Å². The number of thiophene rings is 1. The summed E-state index contributed by atoms with van der Waals surface area (Å²) in [6, 6.07) is 4.03. The normalized spacial score (nSPS) is 9.64. The molecule has 0 saturated heterocycles. The highest BCUT2D eigenvalue weighted by Gasteiger charge is 2.01. The largest absolute Gasteiger partial charge is 0.359 e. The Hall–Kier alpha value is -0.830. The van der Waals surface area contributed by atoms with Crippen LogP contribution in [0.4, 0.5) is 0 Å². The molecule has 0 atom stereocenters. The van der Waals surface area contributed by atoms with Gasteiger partial charge in [-0.15, -0.1) is 11.3 Å².